The fraction of sp³-hybridized carbons (Fsp3) is 0.273. The van der Waals surface area contributed by atoms with Crippen LogP contribution in [0.15, 0.2) is 18.5 Å². The molecule has 0 radical (unpaired) electrons. The van der Waals surface area contributed by atoms with Gasteiger partial charge in [-0.15, -0.1) is 0 Å². The summed E-state index contributed by atoms with van der Waals surface area (Å²) < 4.78 is 1.42. The fourth-order valence-electron chi connectivity index (χ4n) is 1.69. The van der Waals surface area contributed by atoms with Gasteiger partial charge in [-0.3, -0.25) is 0 Å². The number of hydrogen-bond donors (Lipinski definition) is 0. The largest absolute Gasteiger partial charge is 0.251 e. The monoisotopic (exact) mass is 245 g/mol. The maximum Gasteiger partial charge on any atom is 0.251 e. The highest BCUT2D eigenvalue weighted by molar-refractivity contribution is 6.31. The van der Waals surface area contributed by atoms with Crippen molar-refractivity contribution in [3.05, 3.63) is 34.9 Å². The summed E-state index contributed by atoms with van der Waals surface area (Å²) in [5.41, 5.74) is 1.21. The minimum Gasteiger partial charge on any atom is -0.220 e. The molecule has 0 unspecified atom stereocenters. The van der Waals surface area contributed by atoms with Crippen molar-refractivity contribution < 1.29 is 0 Å². The Morgan fingerprint density at radius 1 is 1.35 bits per heavy atom. The Hall–Kier alpha value is -1.93. The molecule has 5 nitrogen and oxygen atoms in total. The number of hydrogen-bond acceptors (Lipinski definition) is 4. The van der Waals surface area contributed by atoms with Crippen molar-refractivity contribution in [1.82, 2.24) is 19.7 Å². The van der Waals surface area contributed by atoms with Gasteiger partial charge in [0, 0.05) is 18.3 Å². The Morgan fingerprint density at radius 3 is 2.65 bits per heavy atom. The number of aromatic nitrogens is 4. The van der Waals surface area contributed by atoms with Crippen LogP contribution in [-0.2, 0) is 0 Å². The molecule has 0 aromatic carbocycles. The molecule has 3 rings (SSSR count). The van der Waals surface area contributed by atoms with Crippen molar-refractivity contribution in [1.29, 1.82) is 5.26 Å². The number of nitrogens with zero attached hydrogens (tertiary/aromatic N) is 5. The second kappa shape index (κ2) is 3.82. The normalized spacial score (nSPS) is 14.6. The summed E-state index contributed by atoms with van der Waals surface area (Å²) >= 11 is 6.13. The zero-order valence-electron chi connectivity index (χ0n) is 8.84. The van der Waals surface area contributed by atoms with E-state index in [-0.39, 0.29) is 0 Å². The first-order valence-electron chi connectivity index (χ1n) is 5.27. The number of rotatable bonds is 2. The summed E-state index contributed by atoms with van der Waals surface area (Å²) in [5.74, 6) is 0.757. The third-order valence-corrected chi connectivity index (χ3v) is 3.02. The average molecular weight is 246 g/mol. The molecule has 0 spiro atoms. The standard InChI is InChI=1S/C11H8ClN5/c12-10-8(6-13)9(7-2-3-7)16-17(10)11-14-4-1-5-15-11/h1,4-5,7H,2-3H2. The lowest BCUT2D eigenvalue weighted by atomic mass is 10.2. The Balaban J connectivity index is 2.16. The predicted octanol–water partition coefficient (Wildman–Crippen LogP) is 2.06. The van der Waals surface area contributed by atoms with Crippen molar-refractivity contribution in [3.8, 4) is 12.0 Å². The quantitative estimate of drug-likeness (QED) is 0.812. The van der Waals surface area contributed by atoms with Crippen molar-refractivity contribution in [2.45, 2.75) is 18.8 Å². The molecule has 84 valence electrons. The van der Waals surface area contributed by atoms with Gasteiger partial charge in [0.05, 0.1) is 5.69 Å². The average Bonchev–Trinajstić information content (AvgIpc) is 3.15. The van der Waals surface area contributed by atoms with E-state index in [1.54, 1.807) is 18.5 Å². The molecule has 1 aliphatic rings. The van der Waals surface area contributed by atoms with Gasteiger partial charge in [-0.05, 0) is 18.9 Å². The lowest BCUT2D eigenvalue weighted by Crippen LogP contribution is -2.02. The van der Waals surface area contributed by atoms with Gasteiger partial charge in [0.15, 0.2) is 5.15 Å². The van der Waals surface area contributed by atoms with Crippen molar-refractivity contribution in [2.75, 3.05) is 0 Å². The molecule has 1 aliphatic carbocycles. The summed E-state index contributed by atoms with van der Waals surface area (Å²) in [5, 5.41) is 13.7. The van der Waals surface area contributed by atoms with Gasteiger partial charge < -0.3 is 0 Å². The first-order chi connectivity index (χ1) is 8.31. The highest BCUT2D eigenvalue weighted by atomic mass is 35.5. The maximum absolute atomic E-state index is 9.11. The minimum atomic E-state index is 0.292. The fourth-order valence-corrected chi connectivity index (χ4v) is 1.94. The van der Waals surface area contributed by atoms with Crippen molar-refractivity contribution in [2.24, 2.45) is 0 Å². The van der Waals surface area contributed by atoms with E-state index < -0.39 is 0 Å². The van der Waals surface area contributed by atoms with Crippen molar-refractivity contribution >= 4 is 11.6 Å². The summed E-state index contributed by atoms with van der Waals surface area (Å²) in [6.45, 7) is 0. The van der Waals surface area contributed by atoms with E-state index in [0.29, 0.717) is 22.6 Å². The smallest absolute Gasteiger partial charge is 0.220 e. The Bertz CT molecular complexity index is 594. The van der Waals surface area contributed by atoms with Crippen LogP contribution in [-0.4, -0.2) is 19.7 Å². The zero-order chi connectivity index (χ0) is 11.8. The molecule has 0 bridgehead atoms. The first kappa shape index (κ1) is 10.2. The Morgan fingerprint density at radius 2 is 2.06 bits per heavy atom. The molecule has 6 heteroatoms. The molecule has 0 amide bonds. The molecule has 2 aromatic heterocycles. The second-order valence-electron chi connectivity index (χ2n) is 3.90. The SMILES string of the molecule is N#Cc1c(C2CC2)nn(-c2ncccn2)c1Cl. The molecular formula is C11H8ClN5. The van der Waals surface area contributed by atoms with Gasteiger partial charge in [0.1, 0.15) is 11.6 Å². The van der Waals surface area contributed by atoms with Crippen LogP contribution in [0.5, 0.6) is 0 Å². The van der Waals surface area contributed by atoms with Gasteiger partial charge >= 0.3 is 0 Å². The first-order valence-corrected chi connectivity index (χ1v) is 5.65. The van der Waals surface area contributed by atoms with E-state index in [9.17, 15) is 0 Å². The van der Waals surface area contributed by atoms with Crippen LogP contribution in [0, 0.1) is 11.3 Å². The van der Waals surface area contributed by atoms with Gasteiger partial charge in [-0.25, -0.2) is 9.97 Å². The molecule has 0 atom stereocenters. The van der Waals surface area contributed by atoms with Gasteiger partial charge in [0.25, 0.3) is 5.95 Å². The predicted molar refractivity (Wildman–Crippen MR) is 60.9 cm³/mol. The molecule has 2 heterocycles. The lowest BCUT2D eigenvalue weighted by molar-refractivity contribution is 0.783. The molecule has 0 N–H and O–H groups in total. The van der Waals surface area contributed by atoms with E-state index >= 15 is 0 Å². The highest BCUT2D eigenvalue weighted by Gasteiger charge is 2.32. The van der Waals surface area contributed by atoms with Crippen LogP contribution in [0.25, 0.3) is 5.95 Å². The van der Waals surface area contributed by atoms with Gasteiger partial charge in [-0.2, -0.15) is 15.0 Å². The zero-order valence-corrected chi connectivity index (χ0v) is 9.59. The summed E-state index contributed by atoms with van der Waals surface area (Å²) in [6, 6.07) is 3.82. The van der Waals surface area contributed by atoms with Crippen molar-refractivity contribution in [3.63, 3.8) is 0 Å². The second-order valence-corrected chi connectivity index (χ2v) is 4.26. The van der Waals surface area contributed by atoms with Crippen LogP contribution in [0.4, 0.5) is 0 Å². The van der Waals surface area contributed by atoms with E-state index in [2.05, 4.69) is 21.1 Å². The van der Waals surface area contributed by atoms with E-state index in [1.165, 1.54) is 4.68 Å². The van der Waals surface area contributed by atoms with Crippen LogP contribution in [0.1, 0.15) is 30.0 Å². The molecular weight excluding hydrogens is 238 g/mol. The molecule has 17 heavy (non-hydrogen) atoms. The molecule has 2 aromatic rings. The summed E-state index contributed by atoms with van der Waals surface area (Å²) in [7, 11) is 0. The third-order valence-electron chi connectivity index (χ3n) is 2.67. The molecule has 0 aliphatic heterocycles. The number of halogens is 1. The van der Waals surface area contributed by atoms with Crippen LogP contribution < -0.4 is 0 Å². The topological polar surface area (TPSA) is 67.4 Å². The van der Waals surface area contributed by atoms with Crippen LogP contribution >= 0.6 is 11.6 Å². The molecule has 1 saturated carbocycles. The third kappa shape index (κ3) is 1.67. The van der Waals surface area contributed by atoms with E-state index in [0.717, 1.165) is 18.5 Å². The van der Waals surface area contributed by atoms with E-state index in [1.807, 2.05) is 0 Å². The summed E-state index contributed by atoms with van der Waals surface area (Å²) in [6.07, 6.45) is 5.36. The van der Waals surface area contributed by atoms with Crippen LogP contribution in [0.2, 0.25) is 5.15 Å². The minimum absolute atomic E-state index is 0.292. The lowest BCUT2D eigenvalue weighted by Gasteiger charge is -1.98. The summed E-state index contributed by atoms with van der Waals surface area (Å²) in [4.78, 5) is 8.15. The van der Waals surface area contributed by atoms with Gasteiger partial charge in [-0.1, -0.05) is 11.6 Å². The Labute approximate surface area is 103 Å². The highest BCUT2D eigenvalue weighted by Crippen LogP contribution is 2.42. The Kier molecular flexibility index (Phi) is 2.30. The number of nitriles is 1. The molecule has 1 fully saturated rings. The molecule has 0 saturated heterocycles. The van der Waals surface area contributed by atoms with Crippen LogP contribution in [0.3, 0.4) is 0 Å². The van der Waals surface area contributed by atoms with E-state index in [4.69, 9.17) is 16.9 Å². The van der Waals surface area contributed by atoms with Gasteiger partial charge in [0.2, 0.25) is 0 Å². The maximum atomic E-state index is 9.11.